The molecule has 0 unspecified atom stereocenters. The average Bonchev–Trinajstić information content (AvgIpc) is 3.01. The number of oxazole rings is 1. The molecule has 1 amide bonds. The van der Waals surface area contributed by atoms with Gasteiger partial charge >= 0.3 is 0 Å². The first-order valence-corrected chi connectivity index (χ1v) is 7.78. The van der Waals surface area contributed by atoms with Gasteiger partial charge in [0.05, 0.1) is 11.8 Å². The third kappa shape index (κ3) is 4.29. The van der Waals surface area contributed by atoms with E-state index in [1.165, 1.54) is 12.3 Å². The number of aromatic nitrogens is 1. The van der Waals surface area contributed by atoms with Gasteiger partial charge in [-0.1, -0.05) is 12.1 Å². The number of aryl methyl sites for hydroxylation is 2. The number of halogens is 2. The minimum absolute atomic E-state index is 0.129. The van der Waals surface area contributed by atoms with Gasteiger partial charge in [0.15, 0.2) is 11.7 Å². The number of hydrogen-bond donors (Lipinski definition) is 1. The van der Waals surface area contributed by atoms with Gasteiger partial charge in [-0.2, -0.15) is 0 Å². The smallest absolute Gasteiger partial charge is 0.224 e. The molecule has 0 fully saturated rings. The van der Waals surface area contributed by atoms with Gasteiger partial charge in [-0.15, -0.1) is 0 Å². The first-order valence-electron chi connectivity index (χ1n) is 7.78. The second-order valence-corrected chi connectivity index (χ2v) is 5.66. The third-order valence-electron chi connectivity index (χ3n) is 3.62. The van der Waals surface area contributed by atoms with E-state index in [1.54, 1.807) is 0 Å². The minimum atomic E-state index is -0.722. The third-order valence-corrected chi connectivity index (χ3v) is 3.62. The van der Waals surface area contributed by atoms with Crippen LogP contribution in [0.25, 0.3) is 11.3 Å². The zero-order chi connectivity index (χ0) is 17.8. The Bertz CT molecular complexity index is 906. The SMILES string of the molecule is Cc1cccc(NC(=O)CCc2ncc(-c3ccc(F)cc3F)o2)c1. The van der Waals surface area contributed by atoms with Crippen molar-refractivity contribution >= 4 is 11.6 Å². The van der Waals surface area contributed by atoms with Gasteiger partial charge in [0.25, 0.3) is 0 Å². The van der Waals surface area contributed by atoms with E-state index in [1.807, 2.05) is 31.2 Å². The molecule has 0 aliphatic carbocycles. The Balaban J connectivity index is 1.61. The summed E-state index contributed by atoms with van der Waals surface area (Å²) in [6.45, 7) is 1.94. The summed E-state index contributed by atoms with van der Waals surface area (Å²) in [7, 11) is 0. The second-order valence-electron chi connectivity index (χ2n) is 5.66. The molecule has 0 aliphatic heterocycles. The van der Waals surface area contributed by atoms with Gasteiger partial charge < -0.3 is 9.73 Å². The van der Waals surface area contributed by atoms with Gasteiger partial charge in [0, 0.05) is 24.6 Å². The van der Waals surface area contributed by atoms with E-state index in [2.05, 4.69) is 10.3 Å². The number of amides is 1. The van der Waals surface area contributed by atoms with Gasteiger partial charge in [0.2, 0.25) is 5.91 Å². The highest BCUT2D eigenvalue weighted by Crippen LogP contribution is 2.24. The maximum absolute atomic E-state index is 13.7. The molecule has 25 heavy (non-hydrogen) atoms. The first kappa shape index (κ1) is 16.8. The number of anilines is 1. The summed E-state index contributed by atoms with van der Waals surface area (Å²) in [6, 6.07) is 10.7. The lowest BCUT2D eigenvalue weighted by molar-refractivity contribution is -0.116. The van der Waals surface area contributed by atoms with Crippen molar-refractivity contribution in [3.63, 3.8) is 0 Å². The molecule has 1 heterocycles. The highest BCUT2D eigenvalue weighted by atomic mass is 19.1. The second kappa shape index (κ2) is 7.25. The Morgan fingerprint density at radius 2 is 2.04 bits per heavy atom. The maximum Gasteiger partial charge on any atom is 0.224 e. The normalized spacial score (nSPS) is 10.7. The van der Waals surface area contributed by atoms with E-state index in [0.29, 0.717) is 5.89 Å². The van der Waals surface area contributed by atoms with Crippen LogP contribution in [0.1, 0.15) is 17.9 Å². The first-order chi connectivity index (χ1) is 12.0. The number of nitrogens with one attached hydrogen (secondary N) is 1. The number of nitrogens with zero attached hydrogens (tertiary/aromatic N) is 1. The van der Waals surface area contributed by atoms with E-state index >= 15 is 0 Å². The molecule has 1 aromatic heterocycles. The van der Waals surface area contributed by atoms with Gasteiger partial charge in [-0.05, 0) is 36.8 Å². The molecule has 128 valence electrons. The fourth-order valence-corrected chi connectivity index (χ4v) is 2.41. The Morgan fingerprint density at radius 1 is 1.20 bits per heavy atom. The molecule has 4 nitrogen and oxygen atoms in total. The molecule has 0 aliphatic rings. The van der Waals surface area contributed by atoms with Crippen LogP contribution in [0.5, 0.6) is 0 Å². The molecular formula is C19H16F2N2O2. The van der Waals surface area contributed by atoms with Crippen molar-refractivity contribution in [2.45, 2.75) is 19.8 Å². The molecule has 3 aromatic rings. The van der Waals surface area contributed by atoms with E-state index in [9.17, 15) is 13.6 Å². The molecule has 6 heteroatoms. The fourth-order valence-electron chi connectivity index (χ4n) is 2.41. The van der Waals surface area contributed by atoms with Gasteiger partial charge in [-0.25, -0.2) is 13.8 Å². The number of carbonyl (C=O) groups is 1. The van der Waals surface area contributed by atoms with Crippen molar-refractivity contribution in [3.05, 3.63) is 71.8 Å². The molecule has 0 bridgehead atoms. The molecule has 0 saturated heterocycles. The molecule has 3 rings (SSSR count). The summed E-state index contributed by atoms with van der Waals surface area (Å²) < 4.78 is 32.2. The summed E-state index contributed by atoms with van der Waals surface area (Å²) in [6.07, 6.45) is 1.82. The Hall–Kier alpha value is -3.02. The van der Waals surface area contributed by atoms with Crippen molar-refractivity contribution in [2.75, 3.05) is 5.32 Å². The lowest BCUT2D eigenvalue weighted by Gasteiger charge is -2.05. The standard InChI is InChI=1S/C19H16F2N2O2/c1-12-3-2-4-14(9-12)23-18(24)7-8-19-22-11-17(25-19)15-6-5-13(20)10-16(15)21/h2-6,9-11H,7-8H2,1H3,(H,23,24). The van der Waals surface area contributed by atoms with E-state index in [0.717, 1.165) is 23.4 Å². The maximum atomic E-state index is 13.7. The van der Waals surface area contributed by atoms with Crippen LogP contribution in [0.3, 0.4) is 0 Å². The van der Waals surface area contributed by atoms with Gasteiger partial charge in [0.1, 0.15) is 11.6 Å². The predicted octanol–water partition coefficient (Wildman–Crippen LogP) is 4.50. The number of benzene rings is 2. The molecular weight excluding hydrogens is 326 g/mol. The molecule has 1 N–H and O–H groups in total. The zero-order valence-corrected chi connectivity index (χ0v) is 13.6. The van der Waals surface area contributed by atoms with Crippen LogP contribution < -0.4 is 5.32 Å². The number of hydrogen-bond acceptors (Lipinski definition) is 3. The summed E-state index contributed by atoms with van der Waals surface area (Å²) in [5.74, 6) is -1.03. The monoisotopic (exact) mass is 342 g/mol. The lowest BCUT2D eigenvalue weighted by Crippen LogP contribution is -2.12. The molecule has 0 saturated carbocycles. The average molecular weight is 342 g/mol. The van der Waals surface area contributed by atoms with Crippen molar-refractivity contribution < 1.29 is 18.0 Å². The predicted molar refractivity (Wildman–Crippen MR) is 90.0 cm³/mol. The fraction of sp³-hybridized carbons (Fsp3) is 0.158. The highest BCUT2D eigenvalue weighted by Gasteiger charge is 2.13. The van der Waals surface area contributed by atoms with Crippen molar-refractivity contribution in [1.82, 2.24) is 4.98 Å². The van der Waals surface area contributed by atoms with Crippen molar-refractivity contribution in [3.8, 4) is 11.3 Å². The molecule has 0 spiro atoms. The Kier molecular flexibility index (Phi) is 4.88. The van der Waals surface area contributed by atoms with Crippen LogP contribution in [0, 0.1) is 18.6 Å². The molecule has 0 atom stereocenters. The van der Waals surface area contributed by atoms with Crippen molar-refractivity contribution in [2.24, 2.45) is 0 Å². The zero-order valence-electron chi connectivity index (χ0n) is 13.6. The van der Waals surface area contributed by atoms with E-state index < -0.39 is 11.6 Å². The van der Waals surface area contributed by atoms with Gasteiger partial charge in [-0.3, -0.25) is 4.79 Å². The van der Waals surface area contributed by atoms with E-state index in [4.69, 9.17) is 4.42 Å². The van der Waals surface area contributed by atoms with E-state index in [-0.39, 0.29) is 30.1 Å². The van der Waals surface area contributed by atoms with Crippen LogP contribution in [0.15, 0.2) is 53.1 Å². The quantitative estimate of drug-likeness (QED) is 0.743. The Labute approximate surface area is 143 Å². The highest BCUT2D eigenvalue weighted by molar-refractivity contribution is 5.90. The largest absolute Gasteiger partial charge is 0.441 e. The molecule has 0 radical (unpaired) electrons. The van der Waals surface area contributed by atoms with Crippen LogP contribution in [-0.2, 0) is 11.2 Å². The van der Waals surface area contributed by atoms with Crippen molar-refractivity contribution in [1.29, 1.82) is 0 Å². The van der Waals surface area contributed by atoms with Crippen LogP contribution >= 0.6 is 0 Å². The minimum Gasteiger partial charge on any atom is -0.441 e. The summed E-state index contributed by atoms with van der Waals surface area (Å²) in [5.41, 5.74) is 1.91. The Morgan fingerprint density at radius 3 is 2.80 bits per heavy atom. The molecule has 2 aromatic carbocycles. The lowest BCUT2D eigenvalue weighted by atomic mass is 10.2. The van der Waals surface area contributed by atoms with Crippen LogP contribution in [0.2, 0.25) is 0 Å². The summed E-state index contributed by atoms with van der Waals surface area (Å²) in [4.78, 5) is 16.0. The number of rotatable bonds is 5. The summed E-state index contributed by atoms with van der Waals surface area (Å²) >= 11 is 0. The van der Waals surface area contributed by atoms with Crippen LogP contribution in [0.4, 0.5) is 14.5 Å². The summed E-state index contributed by atoms with van der Waals surface area (Å²) in [5, 5.41) is 2.80. The number of carbonyl (C=O) groups excluding carboxylic acids is 1. The topological polar surface area (TPSA) is 55.1 Å². The van der Waals surface area contributed by atoms with Crippen LogP contribution in [-0.4, -0.2) is 10.9 Å².